The van der Waals surface area contributed by atoms with Crippen molar-refractivity contribution in [1.29, 1.82) is 5.26 Å². The molecule has 2 aliphatic heterocycles. The van der Waals surface area contributed by atoms with E-state index in [1.165, 1.54) is 0 Å². The van der Waals surface area contributed by atoms with E-state index >= 15 is 0 Å². The molecule has 0 N–H and O–H groups in total. The summed E-state index contributed by atoms with van der Waals surface area (Å²) in [4.78, 5) is 17.2. The largest absolute Gasteiger partial charge is 0.485 e. The number of piperazine rings is 1. The van der Waals surface area contributed by atoms with E-state index in [9.17, 15) is 10.1 Å². The molecule has 0 aromatic heterocycles. The first-order valence-electron chi connectivity index (χ1n) is 11.9. The van der Waals surface area contributed by atoms with Crippen molar-refractivity contribution in [2.45, 2.75) is 38.2 Å². The van der Waals surface area contributed by atoms with Gasteiger partial charge in [-0.25, -0.2) is 0 Å². The molecule has 4 rings (SSSR count). The van der Waals surface area contributed by atoms with Crippen LogP contribution >= 0.6 is 0 Å². The van der Waals surface area contributed by atoms with Gasteiger partial charge in [-0.2, -0.15) is 5.26 Å². The maximum Gasteiger partial charge on any atom is 0.267 e. The minimum Gasteiger partial charge on any atom is -0.485 e. The van der Waals surface area contributed by atoms with Gasteiger partial charge in [0.1, 0.15) is 6.61 Å². The van der Waals surface area contributed by atoms with E-state index in [0.717, 1.165) is 38.0 Å². The monoisotopic (exact) mass is 447 g/mol. The SMILES string of the molecule is CC(C)C(C#N)(CCCN1CCN(C(=O)C2COc3ccccc3O2)CC1)c1ccccc1. The Morgan fingerprint density at radius 2 is 1.73 bits per heavy atom. The fourth-order valence-electron chi connectivity index (χ4n) is 4.87. The highest BCUT2D eigenvalue weighted by Crippen LogP contribution is 2.36. The van der Waals surface area contributed by atoms with E-state index in [1.807, 2.05) is 47.4 Å². The van der Waals surface area contributed by atoms with Crippen molar-refractivity contribution in [1.82, 2.24) is 9.80 Å². The Morgan fingerprint density at radius 3 is 2.39 bits per heavy atom. The van der Waals surface area contributed by atoms with E-state index in [-0.39, 0.29) is 18.4 Å². The van der Waals surface area contributed by atoms with Crippen LogP contribution in [-0.4, -0.2) is 61.1 Å². The van der Waals surface area contributed by atoms with E-state index < -0.39 is 11.5 Å². The molecule has 6 heteroatoms. The number of para-hydroxylation sites is 2. The first kappa shape index (κ1) is 23.1. The molecule has 0 radical (unpaired) electrons. The van der Waals surface area contributed by atoms with Crippen molar-refractivity contribution < 1.29 is 14.3 Å². The highest BCUT2D eigenvalue weighted by atomic mass is 16.6. The minimum atomic E-state index is -0.584. The van der Waals surface area contributed by atoms with Crippen LogP contribution in [0.5, 0.6) is 11.5 Å². The number of ether oxygens (including phenoxy) is 2. The van der Waals surface area contributed by atoms with Gasteiger partial charge >= 0.3 is 0 Å². The van der Waals surface area contributed by atoms with Crippen LogP contribution in [0.3, 0.4) is 0 Å². The maximum atomic E-state index is 13.0. The molecular weight excluding hydrogens is 414 g/mol. The van der Waals surface area contributed by atoms with Crippen LogP contribution in [0.2, 0.25) is 0 Å². The number of hydrogen-bond acceptors (Lipinski definition) is 5. The molecule has 1 saturated heterocycles. The van der Waals surface area contributed by atoms with Gasteiger partial charge < -0.3 is 14.4 Å². The minimum absolute atomic E-state index is 0.00321. The number of fused-ring (bicyclic) bond motifs is 1. The molecule has 0 saturated carbocycles. The summed E-state index contributed by atoms with van der Waals surface area (Å²) >= 11 is 0. The molecule has 2 aromatic rings. The number of nitrogens with zero attached hydrogens (tertiary/aromatic N) is 3. The van der Waals surface area contributed by atoms with Gasteiger partial charge in [0.2, 0.25) is 6.10 Å². The number of hydrogen-bond donors (Lipinski definition) is 0. The number of amides is 1. The van der Waals surface area contributed by atoms with Crippen molar-refractivity contribution in [3.8, 4) is 17.6 Å². The quantitative estimate of drug-likeness (QED) is 0.645. The van der Waals surface area contributed by atoms with Crippen molar-refractivity contribution >= 4 is 5.91 Å². The van der Waals surface area contributed by atoms with E-state index in [4.69, 9.17) is 9.47 Å². The molecule has 0 bridgehead atoms. The molecule has 33 heavy (non-hydrogen) atoms. The Labute approximate surface area is 196 Å². The number of nitriles is 1. The van der Waals surface area contributed by atoms with Gasteiger partial charge in [0.15, 0.2) is 11.5 Å². The van der Waals surface area contributed by atoms with Gasteiger partial charge in [-0.05, 0) is 43.0 Å². The van der Waals surface area contributed by atoms with Crippen molar-refractivity contribution in [3.05, 3.63) is 60.2 Å². The normalized spacial score (nSPS) is 20.2. The fourth-order valence-corrected chi connectivity index (χ4v) is 4.87. The lowest BCUT2D eigenvalue weighted by molar-refractivity contribution is -0.143. The van der Waals surface area contributed by atoms with E-state index in [1.54, 1.807) is 0 Å². The van der Waals surface area contributed by atoms with Gasteiger partial charge in [0.25, 0.3) is 5.91 Å². The zero-order chi connectivity index (χ0) is 23.3. The standard InChI is InChI=1S/C27H33N3O3/c1-21(2)27(20-28,22-9-4-3-5-10-22)13-8-14-29-15-17-30(18-16-29)26(31)25-19-32-23-11-6-7-12-24(23)33-25/h3-7,9-12,21,25H,8,13-19H2,1-2H3. The van der Waals surface area contributed by atoms with Crippen molar-refractivity contribution in [2.24, 2.45) is 5.92 Å². The molecule has 0 spiro atoms. The second kappa shape index (κ2) is 10.3. The molecule has 6 nitrogen and oxygen atoms in total. The molecule has 2 atom stereocenters. The summed E-state index contributed by atoms with van der Waals surface area (Å²) in [6.07, 6.45) is 1.20. The fraction of sp³-hybridized carbons (Fsp3) is 0.481. The summed E-state index contributed by atoms with van der Waals surface area (Å²) in [5.74, 6) is 1.56. The van der Waals surface area contributed by atoms with E-state index in [0.29, 0.717) is 24.6 Å². The molecule has 2 unspecified atom stereocenters. The summed E-state index contributed by atoms with van der Waals surface area (Å²) in [6.45, 7) is 8.50. The number of carbonyl (C=O) groups excluding carboxylic acids is 1. The predicted octanol–water partition coefficient (Wildman–Crippen LogP) is 3.87. The van der Waals surface area contributed by atoms with Gasteiger partial charge in [0.05, 0.1) is 11.5 Å². The van der Waals surface area contributed by atoms with E-state index in [2.05, 4.69) is 36.9 Å². The zero-order valence-corrected chi connectivity index (χ0v) is 19.6. The first-order valence-corrected chi connectivity index (χ1v) is 11.9. The number of carbonyl (C=O) groups is 1. The van der Waals surface area contributed by atoms with Crippen LogP contribution in [0.25, 0.3) is 0 Å². The van der Waals surface area contributed by atoms with Crippen LogP contribution in [0.4, 0.5) is 0 Å². The third-order valence-corrected chi connectivity index (χ3v) is 6.99. The number of rotatable bonds is 7. The smallest absolute Gasteiger partial charge is 0.267 e. The van der Waals surface area contributed by atoms with Gasteiger partial charge in [-0.3, -0.25) is 9.69 Å². The molecule has 174 valence electrons. The molecule has 2 aromatic carbocycles. The Morgan fingerprint density at radius 1 is 1.06 bits per heavy atom. The summed E-state index contributed by atoms with van der Waals surface area (Å²) in [5, 5.41) is 10.1. The van der Waals surface area contributed by atoms with Crippen molar-refractivity contribution in [3.63, 3.8) is 0 Å². The average Bonchev–Trinajstić information content (AvgIpc) is 2.87. The highest BCUT2D eigenvalue weighted by Gasteiger charge is 2.36. The Bertz CT molecular complexity index is 980. The first-order chi connectivity index (χ1) is 16.0. The molecule has 1 amide bonds. The van der Waals surface area contributed by atoms with Crippen LogP contribution in [-0.2, 0) is 10.2 Å². The second-order valence-corrected chi connectivity index (χ2v) is 9.24. The summed E-state index contributed by atoms with van der Waals surface area (Å²) in [6, 6.07) is 20.3. The summed E-state index contributed by atoms with van der Waals surface area (Å²) < 4.78 is 11.6. The molecular formula is C27H33N3O3. The van der Waals surface area contributed by atoms with Crippen LogP contribution in [0.1, 0.15) is 32.3 Å². The molecule has 2 heterocycles. The van der Waals surface area contributed by atoms with Crippen LogP contribution in [0, 0.1) is 17.2 Å². The second-order valence-electron chi connectivity index (χ2n) is 9.24. The third kappa shape index (κ3) is 4.99. The third-order valence-electron chi connectivity index (χ3n) is 6.99. The molecule has 0 aliphatic carbocycles. The number of benzene rings is 2. The summed E-state index contributed by atoms with van der Waals surface area (Å²) in [5.41, 5.74) is 0.641. The van der Waals surface area contributed by atoms with Crippen LogP contribution in [0.15, 0.2) is 54.6 Å². The lowest BCUT2D eigenvalue weighted by Gasteiger charge is -2.38. The summed E-state index contributed by atoms with van der Waals surface area (Å²) in [7, 11) is 0. The lowest BCUT2D eigenvalue weighted by atomic mass is 9.70. The van der Waals surface area contributed by atoms with Crippen molar-refractivity contribution in [2.75, 3.05) is 39.3 Å². The van der Waals surface area contributed by atoms with Gasteiger partial charge in [-0.15, -0.1) is 0 Å². The molecule has 1 fully saturated rings. The topological polar surface area (TPSA) is 65.8 Å². The molecule has 2 aliphatic rings. The van der Waals surface area contributed by atoms with Gasteiger partial charge in [-0.1, -0.05) is 56.3 Å². The lowest BCUT2D eigenvalue weighted by Crippen LogP contribution is -2.54. The predicted molar refractivity (Wildman–Crippen MR) is 127 cm³/mol. The van der Waals surface area contributed by atoms with Gasteiger partial charge in [0, 0.05) is 26.2 Å². The Kier molecular flexibility index (Phi) is 7.20. The Hall–Kier alpha value is -3.04. The highest BCUT2D eigenvalue weighted by molar-refractivity contribution is 5.82. The van der Waals surface area contributed by atoms with Crippen LogP contribution < -0.4 is 9.47 Å². The zero-order valence-electron chi connectivity index (χ0n) is 19.6. The maximum absolute atomic E-state index is 13.0. The average molecular weight is 448 g/mol. The Balaban J connectivity index is 1.27.